The van der Waals surface area contributed by atoms with Crippen LogP contribution < -0.4 is 10.7 Å². The van der Waals surface area contributed by atoms with E-state index in [4.69, 9.17) is 0 Å². The van der Waals surface area contributed by atoms with Gasteiger partial charge in [0.05, 0.1) is 12.1 Å². The van der Waals surface area contributed by atoms with Crippen molar-refractivity contribution in [1.29, 1.82) is 0 Å². The summed E-state index contributed by atoms with van der Waals surface area (Å²) in [7, 11) is 0. The van der Waals surface area contributed by atoms with Crippen LogP contribution in [0.25, 0.3) is 0 Å². The molecule has 4 rings (SSSR count). The molecule has 1 aliphatic carbocycles. The number of carbonyl (C=O) groups excluding carboxylic acids is 3. The summed E-state index contributed by atoms with van der Waals surface area (Å²) in [4.78, 5) is 40.2. The second-order valence-corrected chi connectivity index (χ2v) is 8.52. The van der Waals surface area contributed by atoms with Gasteiger partial charge in [0.2, 0.25) is 0 Å². The lowest BCUT2D eigenvalue weighted by molar-refractivity contribution is -0.140. The van der Waals surface area contributed by atoms with Crippen LogP contribution in [0.15, 0.2) is 54.6 Å². The largest absolute Gasteiger partial charge is 0.416 e. The summed E-state index contributed by atoms with van der Waals surface area (Å²) in [6.07, 6.45) is -2.71. The Morgan fingerprint density at radius 1 is 1.12 bits per heavy atom. The second-order valence-electron chi connectivity index (χ2n) is 8.52. The molecule has 2 aliphatic rings. The summed E-state index contributed by atoms with van der Waals surface area (Å²) in [5.74, 6) is -1.26. The van der Waals surface area contributed by atoms with E-state index in [9.17, 15) is 27.6 Å². The summed E-state index contributed by atoms with van der Waals surface area (Å²) in [5, 5.41) is 3.34. The van der Waals surface area contributed by atoms with E-state index >= 15 is 0 Å². The lowest BCUT2D eigenvalue weighted by Crippen LogP contribution is -2.51. The lowest BCUT2D eigenvalue weighted by atomic mass is 9.87. The number of nitrogens with one attached hydrogen (secondary N) is 2. The standard InChI is InChI=1S/C24H25F3N4O3/c1-2-23(17-9-4-3-5-10-17)21(33)31(22(34)28-23)29-20(32)15-30(18-12-13-18)14-16-8-6-7-11-19(16)24(25,26)27/h3-11,18H,2,12-15H2,1H3,(H,28,34)(H,29,32). The van der Waals surface area contributed by atoms with E-state index in [-0.39, 0.29) is 31.1 Å². The zero-order chi connectivity index (χ0) is 24.5. The molecule has 0 aromatic heterocycles. The van der Waals surface area contributed by atoms with Crippen LogP contribution >= 0.6 is 0 Å². The smallest absolute Gasteiger partial charge is 0.318 e. The Bertz CT molecular complexity index is 1090. The van der Waals surface area contributed by atoms with Gasteiger partial charge in [-0.2, -0.15) is 18.2 Å². The minimum Gasteiger partial charge on any atom is -0.318 e. The van der Waals surface area contributed by atoms with Crippen LogP contribution in [0.4, 0.5) is 18.0 Å². The summed E-state index contributed by atoms with van der Waals surface area (Å²) < 4.78 is 40.2. The van der Waals surface area contributed by atoms with Gasteiger partial charge in [0.15, 0.2) is 0 Å². The average molecular weight is 474 g/mol. The van der Waals surface area contributed by atoms with Gasteiger partial charge in [0.1, 0.15) is 5.54 Å². The molecule has 2 fully saturated rings. The number of hydrazine groups is 1. The number of imide groups is 1. The molecule has 1 unspecified atom stereocenters. The van der Waals surface area contributed by atoms with Gasteiger partial charge in [0, 0.05) is 12.6 Å². The van der Waals surface area contributed by atoms with Crippen LogP contribution in [0.2, 0.25) is 0 Å². The van der Waals surface area contributed by atoms with E-state index < -0.39 is 35.1 Å². The van der Waals surface area contributed by atoms with Crippen LogP contribution in [0, 0.1) is 0 Å². The Morgan fingerprint density at radius 3 is 2.38 bits per heavy atom. The molecule has 7 nitrogen and oxygen atoms in total. The van der Waals surface area contributed by atoms with Crippen molar-refractivity contribution in [2.45, 2.75) is 50.5 Å². The van der Waals surface area contributed by atoms with E-state index in [0.717, 1.165) is 18.9 Å². The highest BCUT2D eigenvalue weighted by atomic mass is 19.4. The fourth-order valence-corrected chi connectivity index (χ4v) is 4.29. The predicted molar refractivity (Wildman–Crippen MR) is 117 cm³/mol. The average Bonchev–Trinajstić information content (AvgIpc) is 3.62. The number of benzene rings is 2. The molecule has 0 spiro atoms. The molecular weight excluding hydrogens is 449 g/mol. The number of amides is 4. The van der Waals surface area contributed by atoms with Crippen LogP contribution in [-0.4, -0.2) is 40.3 Å². The Kier molecular flexibility index (Phi) is 6.35. The normalized spacial score (nSPS) is 20.6. The summed E-state index contributed by atoms with van der Waals surface area (Å²) in [6.45, 7) is 1.43. The molecule has 1 atom stereocenters. The summed E-state index contributed by atoms with van der Waals surface area (Å²) >= 11 is 0. The molecule has 0 radical (unpaired) electrons. The molecule has 2 N–H and O–H groups in total. The highest BCUT2D eigenvalue weighted by Crippen LogP contribution is 2.35. The SMILES string of the molecule is CCC1(c2ccccc2)NC(=O)N(NC(=O)CN(Cc2ccccc2C(F)(F)F)C2CC2)C1=O. The maximum atomic E-state index is 13.4. The third kappa shape index (κ3) is 4.63. The number of hydrogen-bond donors (Lipinski definition) is 2. The molecule has 4 amide bonds. The number of rotatable bonds is 8. The van der Waals surface area contributed by atoms with Crippen LogP contribution in [-0.2, 0) is 27.8 Å². The van der Waals surface area contributed by atoms with Crippen molar-refractivity contribution in [1.82, 2.24) is 20.7 Å². The molecular formula is C24H25F3N4O3. The molecule has 0 bridgehead atoms. The van der Waals surface area contributed by atoms with Crippen molar-refractivity contribution in [3.63, 3.8) is 0 Å². The van der Waals surface area contributed by atoms with E-state index in [1.165, 1.54) is 18.2 Å². The molecule has 1 saturated carbocycles. The van der Waals surface area contributed by atoms with Crippen molar-refractivity contribution >= 4 is 17.8 Å². The van der Waals surface area contributed by atoms with E-state index in [1.807, 2.05) is 0 Å². The Labute approximate surface area is 194 Å². The molecule has 1 heterocycles. The van der Waals surface area contributed by atoms with Gasteiger partial charge in [-0.3, -0.25) is 19.9 Å². The highest BCUT2D eigenvalue weighted by molar-refractivity contribution is 6.08. The molecule has 180 valence electrons. The molecule has 2 aromatic rings. The third-order valence-corrected chi connectivity index (χ3v) is 6.23. The van der Waals surface area contributed by atoms with Gasteiger partial charge >= 0.3 is 12.2 Å². The Balaban J connectivity index is 1.48. The molecule has 10 heteroatoms. The van der Waals surface area contributed by atoms with E-state index in [0.29, 0.717) is 10.6 Å². The highest BCUT2D eigenvalue weighted by Gasteiger charge is 2.52. The number of halogens is 3. The van der Waals surface area contributed by atoms with Crippen molar-refractivity contribution in [2.24, 2.45) is 0 Å². The van der Waals surface area contributed by atoms with Crippen molar-refractivity contribution < 1.29 is 27.6 Å². The molecule has 1 saturated heterocycles. The second kappa shape index (κ2) is 9.09. The summed E-state index contributed by atoms with van der Waals surface area (Å²) in [5.41, 5.74) is 0.969. The minimum absolute atomic E-state index is 0.0332. The number of hydrogen-bond acceptors (Lipinski definition) is 4. The molecule has 1 aliphatic heterocycles. The number of nitrogens with zero attached hydrogens (tertiary/aromatic N) is 2. The Morgan fingerprint density at radius 2 is 1.76 bits per heavy atom. The zero-order valence-corrected chi connectivity index (χ0v) is 18.6. The first-order chi connectivity index (χ1) is 16.2. The van der Waals surface area contributed by atoms with Gasteiger partial charge < -0.3 is 5.32 Å². The fraction of sp³-hybridized carbons (Fsp3) is 0.375. The quantitative estimate of drug-likeness (QED) is 0.574. The number of carbonyl (C=O) groups is 3. The van der Waals surface area contributed by atoms with Crippen molar-refractivity contribution in [3.8, 4) is 0 Å². The Hall–Kier alpha value is -3.40. The van der Waals surface area contributed by atoms with Crippen LogP contribution in [0.1, 0.15) is 42.9 Å². The van der Waals surface area contributed by atoms with Crippen molar-refractivity contribution in [3.05, 3.63) is 71.3 Å². The topological polar surface area (TPSA) is 81.8 Å². The predicted octanol–water partition coefficient (Wildman–Crippen LogP) is 3.56. The summed E-state index contributed by atoms with van der Waals surface area (Å²) in [6, 6.07) is 13.2. The van der Waals surface area contributed by atoms with Gasteiger partial charge in [-0.25, -0.2) is 4.79 Å². The third-order valence-electron chi connectivity index (χ3n) is 6.23. The fourth-order valence-electron chi connectivity index (χ4n) is 4.29. The number of urea groups is 1. The maximum absolute atomic E-state index is 13.4. The first kappa shape index (κ1) is 23.7. The first-order valence-electron chi connectivity index (χ1n) is 11.1. The van der Waals surface area contributed by atoms with Gasteiger partial charge in [-0.1, -0.05) is 55.5 Å². The van der Waals surface area contributed by atoms with Gasteiger partial charge in [0.25, 0.3) is 11.8 Å². The van der Waals surface area contributed by atoms with Gasteiger partial charge in [-0.05, 0) is 36.5 Å². The zero-order valence-electron chi connectivity index (χ0n) is 18.6. The van der Waals surface area contributed by atoms with E-state index in [1.54, 1.807) is 42.2 Å². The van der Waals surface area contributed by atoms with Crippen LogP contribution in [0.5, 0.6) is 0 Å². The van der Waals surface area contributed by atoms with Crippen LogP contribution in [0.3, 0.4) is 0 Å². The van der Waals surface area contributed by atoms with Crippen molar-refractivity contribution in [2.75, 3.05) is 6.54 Å². The lowest BCUT2D eigenvalue weighted by Gasteiger charge is -2.26. The maximum Gasteiger partial charge on any atom is 0.416 e. The monoisotopic (exact) mass is 474 g/mol. The first-order valence-corrected chi connectivity index (χ1v) is 11.1. The molecule has 2 aromatic carbocycles. The van der Waals surface area contributed by atoms with E-state index in [2.05, 4.69) is 10.7 Å². The minimum atomic E-state index is -4.50. The number of alkyl halides is 3. The molecule has 34 heavy (non-hydrogen) atoms. The van der Waals surface area contributed by atoms with Gasteiger partial charge in [-0.15, -0.1) is 0 Å².